The summed E-state index contributed by atoms with van der Waals surface area (Å²) in [7, 11) is 0. The Kier molecular flexibility index (Phi) is 4.49. The van der Waals surface area contributed by atoms with Gasteiger partial charge in [-0.25, -0.2) is 0 Å². The van der Waals surface area contributed by atoms with Crippen LogP contribution in [0.3, 0.4) is 0 Å². The topological polar surface area (TPSA) is 38.4 Å². The van der Waals surface area contributed by atoms with E-state index in [0.29, 0.717) is 16.8 Å². The predicted octanol–water partition coefficient (Wildman–Crippen LogP) is 3.02. The van der Waals surface area contributed by atoms with Crippen LogP contribution in [-0.2, 0) is 0 Å². The Morgan fingerprint density at radius 2 is 2.43 bits per heavy atom. The van der Waals surface area contributed by atoms with Crippen molar-refractivity contribution in [3.8, 4) is 0 Å². The summed E-state index contributed by atoms with van der Waals surface area (Å²) in [5, 5.41) is 0.323. The van der Waals surface area contributed by atoms with E-state index >= 15 is 0 Å². The van der Waals surface area contributed by atoms with Gasteiger partial charge in [0.15, 0.2) is 0 Å². The lowest BCUT2D eigenvalue weighted by molar-refractivity contribution is 0.764. The Balaban J connectivity index is 2.91. The molecule has 0 aromatic carbocycles. The van der Waals surface area contributed by atoms with Crippen molar-refractivity contribution >= 4 is 28.4 Å². The summed E-state index contributed by atoms with van der Waals surface area (Å²) in [5.41, 5.74) is 7.62. The number of nitrogens with two attached hydrogens (primary N) is 1. The second kappa shape index (κ2) is 5.42. The van der Waals surface area contributed by atoms with Crippen LogP contribution in [0.5, 0.6) is 0 Å². The number of halogens is 2. The zero-order valence-electron chi connectivity index (χ0n) is 7.97. The van der Waals surface area contributed by atoms with Crippen molar-refractivity contribution < 1.29 is 0 Å². The average Bonchev–Trinajstić information content (AvgIpc) is 2.64. The van der Waals surface area contributed by atoms with E-state index in [1.54, 1.807) is 0 Å². The highest BCUT2D eigenvalue weighted by molar-refractivity contribution is 6.69. The van der Waals surface area contributed by atoms with Crippen molar-refractivity contribution in [2.45, 2.75) is 19.3 Å². The summed E-state index contributed by atoms with van der Waals surface area (Å²) in [6.45, 7) is 3.78. The molecule has 0 aliphatic heterocycles. The Morgan fingerprint density at radius 3 is 3.00 bits per heavy atom. The molecule has 0 radical (unpaired) electrons. The predicted molar refractivity (Wildman–Crippen MR) is 62.8 cm³/mol. The highest BCUT2D eigenvalue weighted by atomic mass is 35.5. The molecule has 78 valence electrons. The van der Waals surface area contributed by atoms with E-state index in [9.17, 15) is 0 Å². The summed E-state index contributed by atoms with van der Waals surface area (Å²) < 4.78 is 0. The Hall–Kier alpha value is -0.470. The molecule has 0 bridgehead atoms. The van der Waals surface area contributed by atoms with Gasteiger partial charge in [-0.3, -0.25) is 4.99 Å². The molecule has 0 aromatic heterocycles. The molecule has 1 fully saturated rings. The molecule has 2 N–H and O–H groups in total. The fourth-order valence-corrected chi connectivity index (χ4v) is 2.10. The van der Waals surface area contributed by atoms with Gasteiger partial charge in [-0.1, -0.05) is 17.7 Å². The minimum absolute atomic E-state index is 0.144. The summed E-state index contributed by atoms with van der Waals surface area (Å²) in [5.74, 6) is 0.356. The van der Waals surface area contributed by atoms with Crippen molar-refractivity contribution in [3.05, 3.63) is 23.9 Å². The van der Waals surface area contributed by atoms with Crippen LogP contribution in [-0.4, -0.2) is 11.2 Å². The number of allylic oxidation sites excluding steroid dienone is 3. The molecule has 1 unspecified atom stereocenters. The standard InChI is InChI=1S/C10H14Cl2N2/c1-2-7-4-3-5-8(7)9(13)10(12)14-6-11/h2,7H,1,3-6,13H2/b9-8+,14-10?. The normalized spacial score (nSPS) is 26.4. The van der Waals surface area contributed by atoms with Gasteiger partial charge in [-0.15, -0.1) is 18.2 Å². The van der Waals surface area contributed by atoms with Gasteiger partial charge in [-0.05, 0) is 30.8 Å². The van der Waals surface area contributed by atoms with Gasteiger partial charge in [0, 0.05) is 0 Å². The molecule has 0 heterocycles. The molecule has 0 saturated heterocycles. The minimum atomic E-state index is 0.144. The third-order valence-electron chi connectivity index (χ3n) is 2.46. The van der Waals surface area contributed by atoms with Gasteiger partial charge >= 0.3 is 0 Å². The highest BCUT2D eigenvalue weighted by Gasteiger charge is 2.21. The van der Waals surface area contributed by atoms with Crippen molar-refractivity contribution in [2.75, 3.05) is 6.00 Å². The molecule has 0 aromatic rings. The van der Waals surface area contributed by atoms with E-state index in [0.717, 1.165) is 24.8 Å². The quantitative estimate of drug-likeness (QED) is 0.346. The fraction of sp³-hybridized carbons (Fsp3) is 0.500. The number of alkyl halides is 1. The molecule has 4 heteroatoms. The van der Waals surface area contributed by atoms with Gasteiger partial charge in [0.25, 0.3) is 0 Å². The maximum atomic E-state index is 5.89. The van der Waals surface area contributed by atoms with Crippen molar-refractivity contribution in [1.82, 2.24) is 0 Å². The van der Waals surface area contributed by atoms with Crippen LogP contribution < -0.4 is 5.73 Å². The summed E-state index contributed by atoms with van der Waals surface area (Å²) in [4.78, 5) is 3.87. The van der Waals surface area contributed by atoms with Gasteiger partial charge in [-0.2, -0.15) is 0 Å². The maximum Gasteiger partial charge on any atom is 0.147 e. The van der Waals surface area contributed by atoms with Crippen molar-refractivity contribution in [1.29, 1.82) is 0 Å². The van der Waals surface area contributed by atoms with Gasteiger partial charge in [0.2, 0.25) is 0 Å². The van der Waals surface area contributed by atoms with E-state index in [2.05, 4.69) is 11.6 Å². The SMILES string of the molecule is C=CC1CCC/C1=C(\N)C(Cl)=NCCl. The molecule has 1 saturated carbocycles. The van der Waals surface area contributed by atoms with Crippen LogP contribution in [0.25, 0.3) is 0 Å². The molecule has 0 amide bonds. The molecule has 1 rings (SSSR count). The van der Waals surface area contributed by atoms with Gasteiger partial charge in [0.05, 0.1) is 5.70 Å². The third-order valence-corrected chi connectivity index (χ3v) is 2.90. The Morgan fingerprint density at radius 1 is 1.71 bits per heavy atom. The van der Waals surface area contributed by atoms with Crippen LogP contribution in [0.15, 0.2) is 28.9 Å². The minimum Gasteiger partial charge on any atom is -0.396 e. The van der Waals surface area contributed by atoms with E-state index in [1.165, 1.54) is 0 Å². The largest absolute Gasteiger partial charge is 0.396 e. The summed E-state index contributed by atoms with van der Waals surface area (Å²) in [6, 6.07) is 0.144. The zero-order valence-corrected chi connectivity index (χ0v) is 9.48. The van der Waals surface area contributed by atoms with Crippen LogP contribution in [0.1, 0.15) is 19.3 Å². The molecule has 2 nitrogen and oxygen atoms in total. The second-order valence-electron chi connectivity index (χ2n) is 3.24. The maximum absolute atomic E-state index is 5.89. The lowest BCUT2D eigenvalue weighted by atomic mass is 10.0. The number of nitrogens with zero attached hydrogens (tertiary/aromatic N) is 1. The van der Waals surface area contributed by atoms with Crippen LogP contribution in [0, 0.1) is 5.92 Å². The lowest BCUT2D eigenvalue weighted by Gasteiger charge is -2.09. The van der Waals surface area contributed by atoms with Crippen molar-refractivity contribution in [2.24, 2.45) is 16.6 Å². The van der Waals surface area contributed by atoms with Gasteiger partial charge < -0.3 is 5.73 Å². The monoisotopic (exact) mass is 232 g/mol. The Bertz CT molecular complexity index is 282. The first-order valence-corrected chi connectivity index (χ1v) is 5.49. The molecular formula is C10H14Cl2N2. The molecule has 0 spiro atoms. The smallest absolute Gasteiger partial charge is 0.147 e. The summed E-state index contributed by atoms with van der Waals surface area (Å²) >= 11 is 11.3. The van der Waals surface area contributed by atoms with Crippen LogP contribution in [0.4, 0.5) is 0 Å². The van der Waals surface area contributed by atoms with Crippen LogP contribution >= 0.6 is 23.2 Å². The van der Waals surface area contributed by atoms with E-state index in [-0.39, 0.29) is 6.00 Å². The molecule has 1 atom stereocenters. The highest BCUT2D eigenvalue weighted by Crippen LogP contribution is 2.33. The first kappa shape index (κ1) is 11.6. The fourth-order valence-electron chi connectivity index (χ4n) is 1.74. The van der Waals surface area contributed by atoms with Gasteiger partial charge in [0.1, 0.15) is 11.2 Å². The van der Waals surface area contributed by atoms with E-state index < -0.39 is 0 Å². The number of aliphatic imine (C=N–C) groups is 1. The number of hydrogen-bond acceptors (Lipinski definition) is 2. The molecule has 1 aliphatic rings. The first-order chi connectivity index (χ1) is 6.70. The lowest BCUT2D eigenvalue weighted by Crippen LogP contribution is -2.11. The summed E-state index contributed by atoms with van der Waals surface area (Å²) in [6.07, 6.45) is 5.14. The Labute approximate surface area is 94.5 Å². The number of hydrogen-bond donors (Lipinski definition) is 1. The first-order valence-electron chi connectivity index (χ1n) is 4.58. The van der Waals surface area contributed by atoms with Crippen molar-refractivity contribution in [3.63, 3.8) is 0 Å². The van der Waals surface area contributed by atoms with E-state index in [1.807, 2.05) is 6.08 Å². The molecular weight excluding hydrogens is 219 g/mol. The van der Waals surface area contributed by atoms with E-state index in [4.69, 9.17) is 28.9 Å². The molecule has 14 heavy (non-hydrogen) atoms. The second-order valence-corrected chi connectivity index (χ2v) is 3.84. The number of rotatable bonds is 3. The molecule has 1 aliphatic carbocycles. The third kappa shape index (κ3) is 2.52. The van der Waals surface area contributed by atoms with Crippen LogP contribution in [0.2, 0.25) is 0 Å². The average molecular weight is 233 g/mol. The zero-order chi connectivity index (χ0) is 10.6.